The molecular weight excluding hydrogens is 535 g/mol. The Hall–Kier alpha value is -4.20. The van der Waals surface area contributed by atoms with Crippen molar-refractivity contribution in [3.63, 3.8) is 0 Å². The summed E-state index contributed by atoms with van der Waals surface area (Å²) in [6.07, 6.45) is -3.35. The summed E-state index contributed by atoms with van der Waals surface area (Å²) in [5, 5.41) is 10.9. The van der Waals surface area contributed by atoms with E-state index < -0.39 is 16.9 Å². The molecule has 0 amide bonds. The second kappa shape index (κ2) is 11.1. The molecule has 0 N–H and O–H groups in total. The summed E-state index contributed by atoms with van der Waals surface area (Å²) >= 11 is 0. The molecule has 5 rings (SSSR count). The lowest BCUT2D eigenvalue weighted by Gasteiger charge is -2.36. The molecule has 11 nitrogen and oxygen atoms in total. The van der Waals surface area contributed by atoms with Gasteiger partial charge in [0.1, 0.15) is 36.7 Å². The number of rotatable bonds is 10. The van der Waals surface area contributed by atoms with Crippen LogP contribution in [0.4, 0.5) is 24.7 Å². The Kier molecular flexibility index (Phi) is 7.61. The molecule has 0 radical (unpaired) electrons. The Morgan fingerprint density at radius 2 is 1.62 bits per heavy atom. The largest absolute Gasteiger partial charge is 0.573 e. The molecule has 2 aromatic carbocycles. The number of fused-ring (bicyclic) bond motifs is 1. The zero-order valence-corrected chi connectivity index (χ0v) is 21.7. The van der Waals surface area contributed by atoms with Gasteiger partial charge in [-0.1, -0.05) is 0 Å². The van der Waals surface area contributed by atoms with Gasteiger partial charge in [-0.3, -0.25) is 9.47 Å². The molecule has 40 heavy (non-hydrogen) atoms. The normalized spacial score (nSPS) is 19.1. The predicted molar refractivity (Wildman–Crippen MR) is 137 cm³/mol. The van der Waals surface area contributed by atoms with Gasteiger partial charge in [0.25, 0.3) is 0 Å². The monoisotopic (exact) mass is 563 g/mol. The smallest absolute Gasteiger partial charge is 0.492 e. The van der Waals surface area contributed by atoms with Crippen LogP contribution in [0.1, 0.15) is 6.92 Å². The summed E-state index contributed by atoms with van der Waals surface area (Å²) in [7, 11) is 0. The van der Waals surface area contributed by atoms with Gasteiger partial charge in [0.15, 0.2) is 5.60 Å². The first-order valence-corrected chi connectivity index (χ1v) is 12.6. The first-order chi connectivity index (χ1) is 19.1. The van der Waals surface area contributed by atoms with Crippen molar-refractivity contribution in [1.29, 1.82) is 0 Å². The lowest BCUT2D eigenvalue weighted by atomic mass is 10.1. The number of alkyl halides is 3. The zero-order valence-electron chi connectivity index (χ0n) is 21.7. The maximum absolute atomic E-state index is 12.3. The summed E-state index contributed by atoms with van der Waals surface area (Å²) in [6.45, 7) is 7.04. The number of aromatic nitrogens is 2. The van der Waals surface area contributed by atoms with Crippen molar-refractivity contribution in [2.45, 2.75) is 25.4 Å². The van der Waals surface area contributed by atoms with Crippen molar-refractivity contribution < 1.29 is 37.0 Å². The summed E-state index contributed by atoms with van der Waals surface area (Å²) < 4.78 is 59.7. The molecule has 14 heteroatoms. The van der Waals surface area contributed by atoms with E-state index in [1.807, 2.05) is 31.2 Å². The Morgan fingerprint density at radius 1 is 1.00 bits per heavy atom. The van der Waals surface area contributed by atoms with Gasteiger partial charge in [0.05, 0.1) is 6.54 Å². The van der Waals surface area contributed by atoms with Crippen LogP contribution in [-0.2, 0) is 6.54 Å². The number of hydrogen-bond acceptors (Lipinski definition) is 9. The van der Waals surface area contributed by atoms with Crippen molar-refractivity contribution >= 4 is 11.5 Å². The Bertz CT molecular complexity index is 1280. The summed E-state index contributed by atoms with van der Waals surface area (Å²) in [4.78, 5) is 18.8. The third-order valence-corrected chi connectivity index (χ3v) is 6.61. The molecule has 1 saturated heterocycles. The number of halogens is 3. The van der Waals surface area contributed by atoms with Crippen LogP contribution in [-0.4, -0.2) is 77.3 Å². The number of nitro groups is 1. The average Bonchev–Trinajstić information content (AvgIpc) is 3.44. The molecule has 3 heterocycles. The number of hydrogen-bond donors (Lipinski definition) is 0. The summed E-state index contributed by atoms with van der Waals surface area (Å²) in [5.41, 5.74) is 0.404. The van der Waals surface area contributed by atoms with E-state index in [4.69, 9.17) is 14.2 Å². The van der Waals surface area contributed by atoms with E-state index >= 15 is 0 Å². The fourth-order valence-electron chi connectivity index (χ4n) is 4.61. The SMILES string of the molecule is CC1(COc2ccc(N3CCN(CCOc4ccc(OC(F)(F)F)cc4)CC3)cc2)Cn2cc([N+](=O)[O-])nc2O1. The van der Waals surface area contributed by atoms with Crippen LogP contribution < -0.4 is 23.8 Å². The van der Waals surface area contributed by atoms with Crippen LogP contribution in [0.25, 0.3) is 0 Å². The molecule has 3 aromatic rings. The van der Waals surface area contributed by atoms with E-state index in [0.717, 1.165) is 31.9 Å². The van der Waals surface area contributed by atoms with E-state index in [2.05, 4.69) is 19.5 Å². The van der Waals surface area contributed by atoms with Crippen molar-refractivity contribution in [2.75, 3.05) is 50.8 Å². The maximum atomic E-state index is 12.3. The second-order valence-electron chi connectivity index (χ2n) is 9.80. The number of imidazole rings is 1. The molecular formula is C26H28F3N5O6. The lowest BCUT2D eigenvalue weighted by molar-refractivity contribution is -0.389. The van der Waals surface area contributed by atoms with Gasteiger partial charge < -0.3 is 34.0 Å². The molecule has 0 spiro atoms. The first-order valence-electron chi connectivity index (χ1n) is 12.6. The number of nitrogens with zero attached hydrogens (tertiary/aromatic N) is 5. The fraction of sp³-hybridized carbons (Fsp3) is 0.423. The molecule has 0 aliphatic carbocycles. The second-order valence-corrected chi connectivity index (χ2v) is 9.80. The highest BCUT2D eigenvalue weighted by atomic mass is 19.4. The van der Waals surface area contributed by atoms with Gasteiger partial charge in [-0.2, -0.15) is 0 Å². The first kappa shape index (κ1) is 27.4. The fourth-order valence-corrected chi connectivity index (χ4v) is 4.61. The molecule has 1 aromatic heterocycles. The van der Waals surface area contributed by atoms with Gasteiger partial charge in [0.2, 0.25) is 0 Å². The quantitative estimate of drug-likeness (QED) is 0.266. The van der Waals surface area contributed by atoms with Crippen LogP contribution in [0.3, 0.4) is 0 Å². The molecule has 214 valence electrons. The van der Waals surface area contributed by atoms with Crippen LogP contribution in [0.2, 0.25) is 0 Å². The van der Waals surface area contributed by atoms with Crippen LogP contribution in [0, 0.1) is 10.1 Å². The third-order valence-electron chi connectivity index (χ3n) is 6.61. The van der Waals surface area contributed by atoms with Gasteiger partial charge >= 0.3 is 18.2 Å². The minimum atomic E-state index is -4.72. The molecule has 2 aliphatic rings. The topological polar surface area (TPSA) is 104 Å². The molecule has 2 aliphatic heterocycles. The number of benzene rings is 2. The Morgan fingerprint density at radius 3 is 2.25 bits per heavy atom. The average molecular weight is 564 g/mol. The standard InChI is InChI=1S/C26H28F3N5O6/c1-25(17-33-16-23(34(35)36)30-24(33)40-25)18-38-21-4-2-19(3-5-21)32-12-10-31(11-13-32)14-15-37-20-6-8-22(9-7-20)39-26(27,28)29/h2-9,16H,10-15,17-18H2,1H3. The number of piperazine rings is 1. The number of anilines is 1. The maximum Gasteiger partial charge on any atom is 0.573 e. The predicted octanol–water partition coefficient (Wildman–Crippen LogP) is 4.12. The van der Waals surface area contributed by atoms with Crippen LogP contribution in [0.5, 0.6) is 23.3 Å². The minimum Gasteiger partial charge on any atom is -0.492 e. The summed E-state index contributed by atoms with van der Waals surface area (Å²) in [5.74, 6) is 0.655. The highest BCUT2D eigenvalue weighted by molar-refractivity contribution is 5.49. The Balaban J connectivity index is 1.02. The van der Waals surface area contributed by atoms with Crippen LogP contribution >= 0.6 is 0 Å². The minimum absolute atomic E-state index is 0.215. The van der Waals surface area contributed by atoms with Crippen molar-refractivity contribution in [3.05, 3.63) is 64.8 Å². The van der Waals surface area contributed by atoms with Gasteiger partial charge in [-0.15, -0.1) is 13.2 Å². The van der Waals surface area contributed by atoms with Crippen LogP contribution in [0.15, 0.2) is 54.7 Å². The van der Waals surface area contributed by atoms with Crippen molar-refractivity contribution in [2.24, 2.45) is 0 Å². The van der Waals surface area contributed by atoms with Crippen molar-refractivity contribution in [3.8, 4) is 23.3 Å². The molecule has 1 atom stereocenters. The molecule has 0 bridgehead atoms. The molecule has 0 saturated carbocycles. The zero-order chi connectivity index (χ0) is 28.3. The van der Waals surface area contributed by atoms with Gasteiger partial charge in [-0.25, -0.2) is 0 Å². The van der Waals surface area contributed by atoms with E-state index in [9.17, 15) is 23.3 Å². The Labute approximate surface area is 227 Å². The van der Waals surface area contributed by atoms with Gasteiger partial charge in [-0.05, 0) is 60.4 Å². The van der Waals surface area contributed by atoms with E-state index in [-0.39, 0.29) is 24.2 Å². The highest BCUT2D eigenvalue weighted by Crippen LogP contribution is 2.32. The third kappa shape index (κ3) is 6.86. The molecule has 1 fully saturated rings. The van der Waals surface area contributed by atoms with E-state index in [1.165, 1.54) is 30.5 Å². The highest BCUT2D eigenvalue weighted by Gasteiger charge is 2.41. The molecule has 1 unspecified atom stereocenters. The van der Waals surface area contributed by atoms with Gasteiger partial charge in [0, 0.05) is 43.4 Å². The van der Waals surface area contributed by atoms with E-state index in [1.54, 1.807) is 4.57 Å². The number of ether oxygens (including phenoxy) is 4. The van der Waals surface area contributed by atoms with E-state index in [0.29, 0.717) is 31.2 Å². The van der Waals surface area contributed by atoms with Crippen molar-refractivity contribution in [1.82, 2.24) is 14.5 Å². The summed E-state index contributed by atoms with van der Waals surface area (Å²) in [6, 6.07) is 13.4. The lowest BCUT2D eigenvalue weighted by Crippen LogP contribution is -2.47.